The van der Waals surface area contributed by atoms with Gasteiger partial charge in [-0.05, 0) is 12.2 Å². The van der Waals surface area contributed by atoms with E-state index in [1.54, 1.807) is 0 Å². The van der Waals surface area contributed by atoms with Crippen molar-refractivity contribution < 1.29 is 0 Å². The molecule has 0 saturated heterocycles. The molecule has 0 aliphatic carbocycles. The van der Waals surface area contributed by atoms with E-state index in [9.17, 15) is 0 Å². The van der Waals surface area contributed by atoms with Crippen molar-refractivity contribution >= 4 is 48.0 Å². The molecule has 0 aromatic carbocycles. The van der Waals surface area contributed by atoms with Crippen LogP contribution in [0.1, 0.15) is 0 Å². The van der Waals surface area contributed by atoms with E-state index >= 15 is 0 Å². The molecule has 0 amide bonds. The molecule has 3 N–H and O–H groups in total. The van der Waals surface area contributed by atoms with Gasteiger partial charge >= 0.3 is 0 Å². The van der Waals surface area contributed by atoms with E-state index in [1.807, 2.05) is 0 Å². The zero-order chi connectivity index (χ0) is 4.99. The molecule has 5 heteroatoms. The molecule has 7 heavy (non-hydrogen) atoms. The quantitative estimate of drug-likeness (QED) is 0.260. The van der Waals surface area contributed by atoms with E-state index in [4.69, 9.17) is 5.73 Å². The zero-order valence-corrected chi connectivity index (χ0v) is 7.31. The van der Waals surface area contributed by atoms with Gasteiger partial charge in [0.2, 0.25) is 0 Å². The molecule has 3 nitrogen and oxygen atoms in total. The van der Waals surface area contributed by atoms with Crippen LogP contribution in [0.3, 0.4) is 0 Å². The monoisotopic (exact) mass is 223 g/mol. The van der Waals surface area contributed by atoms with Gasteiger partial charge in [0.25, 0.3) is 0 Å². The number of nitrogens with one attached hydrogen (secondary N) is 1. The van der Waals surface area contributed by atoms with E-state index in [-0.39, 0.29) is 29.0 Å². The van der Waals surface area contributed by atoms with Crippen molar-refractivity contribution in [3.8, 4) is 0 Å². The predicted molar refractivity (Wildman–Crippen MR) is 35.2 cm³/mol. The number of hydrogen-bond donors (Lipinski definition) is 2. The third-order valence-electron chi connectivity index (χ3n) is 0.189. The molecule has 0 saturated carbocycles. The minimum atomic E-state index is 0. The SMILES string of the molecule is C=NNC(N)=S.[Sn]. The number of nitrogens with zero attached hydrogens (tertiary/aromatic N) is 1. The van der Waals surface area contributed by atoms with Gasteiger partial charge in [-0.2, -0.15) is 5.10 Å². The molecular formula is C2H5N3SSn. The van der Waals surface area contributed by atoms with Crippen LogP contribution in [-0.4, -0.2) is 35.7 Å². The van der Waals surface area contributed by atoms with Gasteiger partial charge in [-0.15, -0.1) is 0 Å². The summed E-state index contributed by atoms with van der Waals surface area (Å²) < 4.78 is 0. The Bertz CT molecular complexity index is 73.3. The summed E-state index contributed by atoms with van der Waals surface area (Å²) in [5.41, 5.74) is 7.12. The molecule has 0 aromatic rings. The number of thiocarbonyl (C=S) groups is 1. The number of hydrazone groups is 1. The average Bonchev–Trinajstić information content (AvgIpc) is 1.35. The molecule has 4 radical (unpaired) electrons. The summed E-state index contributed by atoms with van der Waals surface area (Å²) >= 11 is 4.33. The Hall–Kier alpha value is 0.159. The van der Waals surface area contributed by atoms with Gasteiger partial charge in [-0.25, -0.2) is 0 Å². The molecule has 0 atom stereocenters. The molecule has 0 spiro atoms. The van der Waals surface area contributed by atoms with Crippen molar-refractivity contribution in [2.24, 2.45) is 10.8 Å². The van der Waals surface area contributed by atoms with Crippen LogP contribution in [0.2, 0.25) is 0 Å². The van der Waals surface area contributed by atoms with E-state index in [2.05, 4.69) is 29.5 Å². The summed E-state index contributed by atoms with van der Waals surface area (Å²) in [6.07, 6.45) is 0. The van der Waals surface area contributed by atoms with E-state index in [1.165, 1.54) is 0 Å². The second-order valence-corrected chi connectivity index (χ2v) is 1.07. The molecule has 0 unspecified atom stereocenters. The summed E-state index contributed by atoms with van der Waals surface area (Å²) in [4.78, 5) is 0. The van der Waals surface area contributed by atoms with Crippen LogP contribution < -0.4 is 11.2 Å². The van der Waals surface area contributed by atoms with Gasteiger partial charge in [0.15, 0.2) is 5.11 Å². The summed E-state index contributed by atoms with van der Waals surface area (Å²) in [6, 6.07) is 0. The van der Waals surface area contributed by atoms with Crippen LogP contribution in [0.4, 0.5) is 0 Å². The van der Waals surface area contributed by atoms with Crippen molar-refractivity contribution in [3.63, 3.8) is 0 Å². The summed E-state index contributed by atoms with van der Waals surface area (Å²) in [6.45, 7) is 3.07. The van der Waals surface area contributed by atoms with Gasteiger partial charge in [0.1, 0.15) is 0 Å². The van der Waals surface area contributed by atoms with E-state index in [0.29, 0.717) is 0 Å². The Morgan fingerprint density at radius 2 is 2.29 bits per heavy atom. The molecule has 0 aliphatic heterocycles. The third kappa shape index (κ3) is 10.7. The average molecular weight is 222 g/mol. The van der Waals surface area contributed by atoms with Crippen LogP contribution in [-0.2, 0) is 0 Å². The van der Waals surface area contributed by atoms with E-state index in [0.717, 1.165) is 0 Å². The molecule has 0 aliphatic rings. The van der Waals surface area contributed by atoms with Crippen molar-refractivity contribution in [1.29, 1.82) is 0 Å². The molecule has 0 rings (SSSR count). The standard InChI is InChI=1S/C2H5N3S.Sn/c1-4-5-2(3)6;/h1H2,(H3,3,5,6);. The maximum Gasteiger partial charge on any atom is 0.184 e. The van der Waals surface area contributed by atoms with Crippen molar-refractivity contribution in [1.82, 2.24) is 5.43 Å². The molecule has 0 bridgehead atoms. The Morgan fingerprint density at radius 3 is 2.29 bits per heavy atom. The van der Waals surface area contributed by atoms with Gasteiger partial charge in [-0.1, -0.05) is 0 Å². The van der Waals surface area contributed by atoms with Crippen molar-refractivity contribution in [3.05, 3.63) is 0 Å². The first kappa shape index (κ1) is 10.2. The number of rotatable bonds is 1. The largest absolute Gasteiger partial charge is 0.375 e. The molecule has 38 valence electrons. The van der Waals surface area contributed by atoms with Gasteiger partial charge in [0.05, 0.1) is 0 Å². The zero-order valence-electron chi connectivity index (χ0n) is 3.64. The Balaban J connectivity index is 0. The van der Waals surface area contributed by atoms with Gasteiger partial charge in [0, 0.05) is 30.6 Å². The van der Waals surface area contributed by atoms with Crippen LogP contribution in [0, 0.1) is 0 Å². The first-order chi connectivity index (χ1) is 2.77. The Morgan fingerprint density at radius 1 is 1.86 bits per heavy atom. The Kier molecular flexibility index (Phi) is 8.98. The maximum absolute atomic E-state index is 4.89. The van der Waals surface area contributed by atoms with Gasteiger partial charge in [-0.3, -0.25) is 5.43 Å². The first-order valence-electron chi connectivity index (χ1n) is 1.28. The fourth-order valence-electron chi connectivity index (χ4n) is 0.0779. The molecule has 0 fully saturated rings. The summed E-state index contributed by atoms with van der Waals surface area (Å²) in [5, 5.41) is 3.31. The summed E-state index contributed by atoms with van der Waals surface area (Å²) in [7, 11) is 0. The van der Waals surface area contributed by atoms with Crippen LogP contribution in [0.15, 0.2) is 5.10 Å². The molecular weight excluding hydrogens is 217 g/mol. The predicted octanol–water partition coefficient (Wildman–Crippen LogP) is -0.946. The molecule has 0 heterocycles. The number of nitrogens with two attached hydrogens (primary N) is 1. The summed E-state index contributed by atoms with van der Waals surface area (Å²) in [5.74, 6) is 0. The third-order valence-corrected chi connectivity index (χ3v) is 0.281. The second-order valence-electron chi connectivity index (χ2n) is 0.634. The number of hydrogen-bond acceptors (Lipinski definition) is 2. The first-order valence-corrected chi connectivity index (χ1v) is 1.69. The smallest absolute Gasteiger partial charge is 0.184 e. The minimum Gasteiger partial charge on any atom is -0.375 e. The van der Waals surface area contributed by atoms with E-state index < -0.39 is 0 Å². The maximum atomic E-state index is 4.89. The minimum absolute atomic E-state index is 0. The topological polar surface area (TPSA) is 50.4 Å². The van der Waals surface area contributed by atoms with Crippen molar-refractivity contribution in [2.75, 3.05) is 0 Å². The second kappa shape index (κ2) is 6.16. The van der Waals surface area contributed by atoms with Crippen LogP contribution in [0.5, 0.6) is 0 Å². The van der Waals surface area contributed by atoms with Crippen LogP contribution >= 0.6 is 12.2 Å². The normalized spacial score (nSPS) is 5.71. The van der Waals surface area contributed by atoms with Crippen LogP contribution in [0.25, 0.3) is 0 Å². The van der Waals surface area contributed by atoms with Crippen molar-refractivity contribution in [2.45, 2.75) is 0 Å². The molecule has 0 aromatic heterocycles. The fourth-order valence-corrected chi connectivity index (χ4v) is 0.142. The van der Waals surface area contributed by atoms with Gasteiger partial charge < -0.3 is 5.73 Å². The Labute approximate surface area is 64.3 Å². The fraction of sp³-hybridized carbons (Fsp3) is 0.